The van der Waals surface area contributed by atoms with Crippen molar-refractivity contribution in [3.8, 4) is 0 Å². The number of aromatic nitrogens is 1. The molecule has 0 atom stereocenters. The topological polar surface area (TPSA) is 97.3 Å². The molecule has 1 aromatic heterocycles. The first kappa shape index (κ1) is 13.5. The van der Waals surface area contributed by atoms with Crippen LogP contribution in [0.15, 0.2) is 12.1 Å². The van der Waals surface area contributed by atoms with E-state index in [1.807, 2.05) is 18.2 Å². The van der Waals surface area contributed by atoms with Gasteiger partial charge in [0.25, 0.3) is 5.69 Å². The molecule has 1 rings (SSSR count). The Morgan fingerprint density at radius 2 is 2.35 bits per heavy atom. The highest BCUT2D eigenvalue weighted by atomic mass is 32.2. The Kier molecular flexibility index (Phi) is 4.98. The molecule has 0 aliphatic heterocycles. The van der Waals surface area contributed by atoms with Gasteiger partial charge in [0, 0.05) is 19.3 Å². The fourth-order valence-electron chi connectivity index (χ4n) is 1.22. The fourth-order valence-corrected chi connectivity index (χ4v) is 1.68. The highest BCUT2D eigenvalue weighted by molar-refractivity contribution is 7.98. The van der Waals surface area contributed by atoms with E-state index in [1.165, 1.54) is 12.1 Å². The van der Waals surface area contributed by atoms with Crippen LogP contribution in [0.1, 0.15) is 0 Å². The molecule has 8 heteroatoms. The van der Waals surface area contributed by atoms with Gasteiger partial charge in [0.15, 0.2) is 0 Å². The molecule has 94 valence electrons. The van der Waals surface area contributed by atoms with Crippen LogP contribution >= 0.6 is 11.8 Å². The summed E-state index contributed by atoms with van der Waals surface area (Å²) in [7, 11) is 1.84. The van der Waals surface area contributed by atoms with Gasteiger partial charge < -0.3 is 10.3 Å². The van der Waals surface area contributed by atoms with E-state index in [2.05, 4.69) is 10.4 Å². The minimum absolute atomic E-state index is 0.0287. The van der Waals surface area contributed by atoms with E-state index in [-0.39, 0.29) is 11.5 Å². The van der Waals surface area contributed by atoms with Crippen molar-refractivity contribution >= 4 is 29.1 Å². The van der Waals surface area contributed by atoms with Crippen LogP contribution in [0.3, 0.4) is 0 Å². The Bertz CT molecular complexity index is 401. The molecule has 1 heterocycles. The third kappa shape index (κ3) is 3.75. The lowest BCUT2D eigenvalue weighted by Crippen LogP contribution is -2.22. The number of nitro groups is 1. The molecule has 0 radical (unpaired) electrons. The van der Waals surface area contributed by atoms with Crippen molar-refractivity contribution in [3.05, 3.63) is 22.2 Å². The van der Waals surface area contributed by atoms with E-state index in [0.29, 0.717) is 5.82 Å². The molecule has 0 aromatic carbocycles. The Hall–Kier alpha value is -1.54. The second kappa shape index (κ2) is 6.26. The van der Waals surface area contributed by atoms with Gasteiger partial charge in [-0.25, -0.2) is 10.8 Å². The van der Waals surface area contributed by atoms with E-state index in [1.54, 1.807) is 11.8 Å². The van der Waals surface area contributed by atoms with Crippen molar-refractivity contribution in [2.45, 2.75) is 0 Å². The first-order chi connectivity index (χ1) is 8.08. The van der Waals surface area contributed by atoms with E-state index in [4.69, 9.17) is 5.84 Å². The fraction of sp³-hybridized carbons (Fsp3) is 0.444. The zero-order valence-electron chi connectivity index (χ0n) is 9.71. The summed E-state index contributed by atoms with van der Waals surface area (Å²) in [6.45, 7) is 0.763. The highest BCUT2D eigenvalue weighted by Crippen LogP contribution is 2.22. The molecule has 3 N–H and O–H groups in total. The largest absolute Gasteiger partial charge is 0.359 e. The van der Waals surface area contributed by atoms with Crippen molar-refractivity contribution in [1.82, 2.24) is 4.98 Å². The van der Waals surface area contributed by atoms with Crippen molar-refractivity contribution in [3.63, 3.8) is 0 Å². The molecule has 0 spiro atoms. The Balaban J connectivity index is 2.97. The van der Waals surface area contributed by atoms with Crippen molar-refractivity contribution in [2.24, 2.45) is 5.84 Å². The molecule has 17 heavy (non-hydrogen) atoms. The smallest absolute Gasteiger partial charge is 0.276 e. The number of hydrazine groups is 1. The second-order valence-corrected chi connectivity index (χ2v) is 4.37. The Labute approximate surface area is 104 Å². The summed E-state index contributed by atoms with van der Waals surface area (Å²) >= 11 is 1.70. The Morgan fingerprint density at radius 1 is 1.65 bits per heavy atom. The summed E-state index contributed by atoms with van der Waals surface area (Å²) in [6, 6.07) is 2.73. The van der Waals surface area contributed by atoms with Crippen LogP contribution in [0.2, 0.25) is 0 Å². The van der Waals surface area contributed by atoms with Crippen LogP contribution in [0, 0.1) is 10.1 Å². The van der Waals surface area contributed by atoms with Crippen LogP contribution in [0.25, 0.3) is 0 Å². The molecule has 0 amide bonds. The SMILES string of the molecule is CSCCN(C)c1cc([N+](=O)[O-])cc(NN)n1. The zero-order valence-corrected chi connectivity index (χ0v) is 10.5. The van der Waals surface area contributed by atoms with Crippen LogP contribution < -0.4 is 16.2 Å². The number of pyridine rings is 1. The standard InChI is InChI=1S/C9H15N5O2S/c1-13(3-4-17-2)9-6-7(14(15)16)5-8(11-9)12-10/h5-6H,3-4,10H2,1-2H3,(H,11,12). The van der Waals surface area contributed by atoms with Gasteiger partial charge in [-0.2, -0.15) is 11.8 Å². The summed E-state index contributed by atoms with van der Waals surface area (Å²) in [4.78, 5) is 16.3. The minimum atomic E-state index is -0.464. The number of rotatable bonds is 6. The maximum absolute atomic E-state index is 10.7. The van der Waals surface area contributed by atoms with Crippen LogP contribution in [-0.4, -0.2) is 35.5 Å². The molecule has 0 saturated carbocycles. The first-order valence-electron chi connectivity index (χ1n) is 4.91. The summed E-state index contributed by atoms with van der Waals surface area (Å²) in [5.41, 5.74) is 2.30. The van der Waals surface area contributed by atoms with Gasteiger partial charge in [-0.05, 0) is 6.26 Å². The molecule has 0 aliphatic rings. The summed E-state index contributed by atoms with van der Waals surface area (Å²) < 4.78 is 0. The van der Waals surface area contributed by atoms with E-state index in [9.17, 15) is 10.1 Å². The number of hydrogen-bond donors (Lipinski definition) is 2. The number of anilines is 2. The quantitative estimate of drug-likeness (QED) is 0.447. The number of nitrogens with zero attached hydrogens (tertiary/aromatic N) is 3. The lowest BCUT2D eigenvalue weighted by atomic mass is 10.3. The molecule has 0 bridgehead atoms. The molecular formula is C9H15N5O2S. The molecule has 0 aliphatic carbocycles. The average Bonchev–Trinajstić information content (AvgIpc) is 2.35. The number of thioether (sulfide) groups is 1. The molecular weight excluding hydrogens is 242 g/mol. The number of hydrogen-bond acceptors (Lipinski definition) is 7. The molecule has 1 aromatic rings. The monoisotopic (exact) mass is 257 g/mol. The number of nitrogens with two attached hydrogens (primary N) is 1. The van der Waals surface area contributed by atoms with Crippen LogP contribution in [0.5, 0.6) is 0 Å². The third-order valence-electron chi connectivity index (χ3n) is 2.18. The Morgan fingerprint density at radius 3 is 2.88 bits per heavy atom. The van der Waals surface area contributed by atoms with E-state index < -0.39 is 4.92 Å². The minimum Gasteiger partial charge on any atom is -0.359 e. The molecule has 0 unspecified atom stereocenters. The van der Waals surface area contributed by atoms with Gasteiger partial charge >= 0.3 is 0 Å². The molecule has 7 nitrogen and oxygen atoms in total. The lowest BCUT2D eigenvalue weighted by Gasteiger charge is -2.17. The summed E-state index contributed by atoms with van der Waals surface area (Å²) in [6.07, 6.45) is 2.00. The van der Waals surface area contributed by atoms with Crippen molar-refractivity contribution in [1.29, 1.82) is 0 Å². The number of nitrogen functional groups attached to an aromatic ring is 1. The predicted octanol–water partition coefficient (Wildman–Crippen LogP) is 1.07. The second-order valence-electron chi connectivity index (χ2n) is 3.38. The lowest BCUT2D eigenvalue weighted by molar-refractivity contribution is -0.384. The van der Waals surface area contributed by atoms with Gasteiger partial charge in [-0.15, -0.1) is 0 Å². The van der Waals surface area contributed by atoms with Crippen molar-refractivity contribution in [2.75, 3.05) is 35.9 Å². The zero-order chi connectivity index (χ0) is 12.8. The van der Waals surface area contributed by atoms with Gasteiger partial charge in [0.1, 0.15) is 11.6 Å². The third-order valence-corrected chi connectivity index (χ3v) is 2.77. The van der Waals surface area contributed by atoms with Gasteiger partial charge in [0.2, 0.25) is 0 Å². The highest BCUT2D eigenvalue weighted by Gasteiger charge is 2.13. The van der Waals surface area contributed by atoms with Crippen LogP contribution in [0.4, 0.5) is 17.3 Å². The van der Waals surface area contributed by atoms with Gasteiger partial charge in [-0.3, -0.25) is 10.1 Å². The maximum Gasteiger partial charge on any atom is 0.276 e. The first-order valence-corrected chi connectivity index (χ1v) is 6.31. The van der Waals surface area contributed by atoms with Gasteiger partial charge in [-0.1, -0.05) is 0 Å². The summed E-state index contributed by atoms with van der Waals surface area (Å²) in [5.74, 6) is 6.96. The van der Waals surface area contributed by atoms with Crippen molar-refractivity contribution < 1.29 is 4.92 Å². The van der Waals surface area contributed by atoms with Gasteiger partial charge in [0.05, 0.1) is 17.1 Å². The average molecular weight is 257 g/mol. The van der Waals surface area contributed by atoms with E-state index in [0.717, 1.165) is 12.3 Å². The molecule has 0 saturated heterocycles. The normalized spacial score (nSPS) is 10.1. The maximum atomic E-state index is 10.7. The van der Waals surface area contributed by atoms with Crippen LogP contribution in [-0.2, 0) is 0 Å². The number of nitrogens with one attached hydrogen (secondary N) is 1. The molecule has 0 fully saturated rings. The predicted molar refractivity (Wildman–Crippen MR) is 70.4 cm³/mol. The van der Waals surface area contributed by atoms with E-state index >= 15 is 0 Å². The summed E-state index contributed by atoms with van der Waals surface area (Å²) in [5, 5.41) is 10.7.